The fourth-order valence-electron chi connectivity index (χ4n) is 2.98. The minimum Gasteiger partial charge on any atom is -0.433 e. The highest BCUT2D eigenvalue weighted by Gasteiger charge is 2.29. The van der Waals surface area contributed by atoms with Gasteiger partial charge in [-0.1, -0.05) is 12.1 Å². The zero-order chi connectivity index (χ0) is 21.7. The van der Waals surface area contributed by atoms with Crippen molar-refractivity contribution in [1.29, 1.82) is 0 Å². The third-order valence-corrected chi connectivity index (χ3v) is 4.89. The Morgan fingerprint density at radius 1 is 1.43 bits per heavy atom. The van der Waals surface area contributed by atoms with Crippen LogP contribution in [0.15, 0.2) is 45.9 Å². The molecule has 8 nitrogen and oxygen atoms in total. The molecule has 1 fully saturated rings. The third-order valence-electron chi connectivity index (χ3n) is 4.89. The molecule has 0 unspecified atom stereocenters. The first-order valence-electron chi connectivity index (χ1n) is 9.90. The second-order valence-electron chi connectivity index (χ2n) is 7.36. The quantitative estimate of drug-likeness (QED) is 0.429. The second-order valence-corrected chi connectivity index (χ2v) is 7.36. The first-order chi connectivity index (χ1) is 14.4. The predicted molar refractivity (Wildman–Crippen MR) is 114 cm³/mol. The fraction of sp³-hybridized carbons (Fsp3) is 0.364. The summed E-state index contributed by atoms with van der Waals surface area (Å²) in [7, 11) is 0. The minimum atomic E-state index is -0.319. The highest BCUT2D eigenvalue weighted by Crippen LogP contribution is 2.32. The van der Waals surface area contributed by atoms with Gasteiger partial charge in [-0.15, -0.1) is 0 Å². The molecule has 1 saturated carbocycles. The van der Waals surface area contributed by atoms with E-state index in [1.54, 1.807) is 24.3 Å². The summed E-state index contributed by atoms with van der Waals surface area (Å²) >= 11 is 0. The van der Waals surface area contributed by atoms with Crippen LogP contribution >= 0.6 is 0 Å². The van der Waals surface area contributed by atoms with Crippen LogP contribution in [0.3, 0.4) is 0 Å². The van der Waals surface area contributed by atoms with Crippen LogP contribution in [0.25, 0.3) is 17.2 Å². The molecule has 0 aliphatic heterocycles. The number of amides is 1. The molecule has 0 saturated heterocycles. The number of Topliss-reactive ketones (excluding diaryl/α,β-unsaturated/α-hetero) is 1. The lowest BCUT2D eigenvalue weighted by Crippen LogP contribution is -2.38. The fourth-order valence-corrected chi connectivity index (χ4v) is 2.98. The first-order valence-corrected chi connectivity index (χ1v) is 9.90. The van der Waals surface area contributed by atoms with Crippen LogP contribution in [0.2, 0.25) is 0 Å². The number of carbonyl (C=O) groups is 2. The van der Waals surface area contributed by atoms with E-state index in [4.69, 9.17) is 15.3 Å². The summed E-state index contributed by atoms with van der Waals surface area (Å²) in [5.41, 5.74) is 8.04. The summed E-state index contributed by atoms with van der Waals surface area (Å²) in [6.07, 6.45) is 5.11. The first kappa shape index (κ1) is 21.4. The van der Waals surface area contributed by atoms with Crippen molar-refractivity contribution < 1.29 is 19.1 Å². The van der Waals surface area contributed by atoms with Gasteiger partial charge in [0.1, 0.15) is 5.71 Å². The van der Waals surface area contributed by atoms with E-state index in [9.17, 15) is 9.59 Å². The van der Waals surface area contributed by atoms with Crippen molar-refractivity contribution in [2.45, 2.75) is 32.7 Å². The Labute approximate surface area is 174 Å². The van der Waals surface area contributed by atoms with E-state index < -0.39 is 0 Å². The van der Waals surface area contributed by atoms with E-state index in [2.05, 4.69) is 15.3 Å². The number of aliphatic hydroxyl groups is 1. The van der Waals surface area contributed by atoms with Gasteiger partial charge in [0.25, 0.3) is 5.91 Å². The van der Waals surface area contributed by atoms with Gasteiger partial charge in [-0.05, 0) is 49.5 Å². The van der Waals surface area contributed by atoms with Crippen LogP contribution < -0.4 is 11.1 Å². The number of oxazole rings is 1. The maximum absolute atomic E-state index is 12.6. The number of aromatic nitrogens is 1. The number of nitrogens with two attached hydrogens (primary N) is 1. The van der Waals surface area contributed by atoms with Crippen molar-refractivity contribution in [2.24, 2.45) is 16.6 Å². The largest absolute Gasteiger partial charge is 0.433 e. The molecule has 1 atom stereocenters. The van der Waals surface area contributed by atoms with Crippen LogP contribution in [-0.4, -0.2) is 46.7 Å². The normalized spacial score (nSPS) is 15.7. The number of hydrogen-bond acceptors (Lipinski definition) is 7. The molecule has 8 heteroatoms. The van der Waals surface area contributed by atoms with Crippen molar-refractivity contribution in [1.82, 2.24) is 10.3 Å². The molecule has 1 aliphatic rings. The Morgan fingerprint density at radius 3 is 2.83 bits per heavy atom. The number of rotatable bonds is 9. The van der Waals surface area contributed by atoms with E-state index in [0.29, 0.717) is 28.6 Å². The Kier molecular flexibility index (Phi) is 6.79. The second kappa shape index (κ2) is 9.49. The standard InChI is InChI=1S/C22H26N4O4/c1-13(15-6-7-15)26-21(29)19(24-8-9-27)11-18(23)16-4-3-5-17(10-16)22-25-12-20(30-22)14(2)28/h3-5,10-13,15,27H,6-9,23H2,1-2H3,(H,26,29)/t13-/m0/s1. The van der Waals surface area contributed by atoms with E-state index in [0.717, 1.165) is 12.8 Å². The Balaban J connectivity index is 1.83. The average molecular weight is 410 g/mol. The lowest BCUT2D eigenvalue weighted by molar-refractivity contribution is -0.115. The molecular formula is C22H26N4O4. The molecule has 1 aromatic carbocycles. The predicted octanol–water partition coefficient (Wildman–Crippen LogP) is 2.19. The van der Waals surface area contributed by atoms with E-state index in [1.165, 1.54) is 19.2 Å². The summed E-state index contributed by atoms with van der Waals surface area (Å²) in [4.78, 5) is 32.4. The molecule has 1 aliphatic carbocycles. The Hall–Kier alpha value is -3.26. The number of hydrogen-bond donors (Lipinski definition) is 3. The topological polar surface area (TPSA) is 131 Å². The molecular weight excluding hydrogens is 384 g/mol. The van der Waals surface area contributed by atoms with Gasteiger partial charge in [-0.2, -0.15) is 0 Å². The minimum absolute atomic E-state index is 0.0651. The van der Waals surface area contributed by atoms with Crippen LogP contribution in [0, 0.1) is 5.92 Å². The lowest BCUT2D eigenvalue weighted by Gasteiger charge is -2.13. The van der Waals surface area contributed by atoms with Crippen LogP contribution in [0.5, 0.6) is 0 Å². The molecule has 3 rings (SSSR count). The van der Waals surface area contributed by atoms with Crippen molar-refractivity contribution in [3.63, 3.8) is 0 Å². The molecule has 4 N–H and O–H groups in total. The monoisotopic (exact) mass is 410 g/mol. The molecule has 1 aromatic heterocycles. The van der Waals surface area contributed by atoms with Gasteiger partial charge in [-0.3, -0.25) is 14.6 Å². The van der Waals surface area contributed by atoms with Gasteiger partial charge in [0.2, 0.25) is 5.89 Å². The van der Waals surface area contributed by atoms with Gasteiger partial charge >= 0.3 is 0 Å². The molecule has 1 amide bonds. The number of aliphatic hydroxyl groups excluding tert-OH is 1. The molecule has 30 heavy (non-hydrogen) atoms. The van der Waals surface area contributed by atoms with Crippen molar-refractivity contribution in [3.05, 3.63) is 47.9 Å². The number of nitrogens with zero attached hydrogens (tertiary/aromatic N) is 2. The molecule has 1 heterocycles. The summed E-state index contributed by atoms with van der Waals surface area (Å²) in [6, 6.07) is 7.18. The number of carbonyl (C=O) groups excluding carboxylic acids is 2. The summed E-state index contributed by atoms with van der Waals surface area (Å²) in [5.74, 6) is 0.465. The van der Waals surface area contributed by atoms with Crippen LogP contribution in [-0.2, 0) is 4.79 Å². The smallest absolute Gasteiger partial charge is 0.269 e. The highest BCUT2D eigenvalue weighted by molar-refractivity contribution is 6.44. The number of aliphatic imine (C=N–C) groups is 1. The highest BCUT2D eigenvalue weighted by atomic mass is 16.4. The lowest BCUT2D eigenvalue weighted by atomic mass is 10.1. The zero-order valence-electron chi connectivity index (χ0n) is 17.1. The summed E-state index contributed by atoms with van der Waals surface area (Å²) < 4.78 is 5.47. The van der Waals surface area contributed by atoms with Crippen LogP contribution in [0.4, 0.5) is 0 Å². The van der Waals surface area contributed by atoms with E-state index >= 15 is 0 Å². The maximum Gasteiger partial charge on any atom is 0.269 e. The van der Waals surface area contributed by atoms with Crippen molar-refractivity contribution in [3.8, 4) is 11.5 Å². The van der Waals surface area contributed by atoms with Gasteiger partial charge in [0.05, 0.1) is 19.3 Å². The summed E-state index contributed by atoms with van der Waals surface area (Å²) in [6.45, 7) is 3.32. The van der Waals surface area contributed by atoms with Crippen molar-refractivity contribution >= 4 is 23.1 Å². The molecule has 0 bridgehead atoms. The zero-order valence-corrected chi connectivity index (χ0v) is 17.1. The maximum atomic E-state index is 12.6. The molecule has 2 aromatic rings. The molecule has 158 valence electrons. The Morgan fingerprint density at radius 2 is 2.20 bits per heavy atom. The molecule has 0 radical (unpaired) electrons. The summed E-state index contributed by atoms with van der Waals surface area (Å²) in [5, 5.41) is 12.0. The average Bonchev–Trinajstić information content (AvgIpc) is 3.47. The third kappa shape index (κ3) is 5.42. The number of nitrogens with one attached hydrogen (secondary N) is 1. The Bertz CT molecular complexity index is 989. The van der Waals surface area contributed by atoms with Gasteiger partial charge in [0.15, 0.2) is 11.5 Å². The van der Waals surface area contributed by atoms with E-state index in [1.807, 2.05) is 6.92 Å². The molecule has 0 spiro atoms. The van der Waals surface area contributed by atoms with Gasteiger partial charge in [-0.25, -0.2) is 4.98 Å². The van der Waals surface area contributed by atoms with Crippen LogP contribution in [0.1, 0.15) is 42.8 Å². The SMILES string of the molecule is CC(=O)c1cnc(-c2cccc(C(N)=CC(=NCCO)C(=O)N[C@@H](C)C3CC3)c2)o1. The number of ketones is 1. The van der Waals surface area contributed by atoms with Crippen molar-refractivity contribution in [2.75, 3.05) is 13.2 Å². The van der Waals surface area contributed by atoms with Gasteiger partial charge < -0.3 is 20.6 Å². The van der Waals surface area contributed by atoms with Gasteiger partial charge in [0, 0.05) is 24.2 Å². The van der Waals surface area contributed by atoms with E-state index in [-0.39, 0.29) is 42.4 Å². The number of benzene rings is 1.